The van der Waals surface area contributed by atoms with Crippen molar-refractivity contribution in [2.24, 2.45) is 10.9 Å². The number of nitrogens with zero attached hydrogens (tertiary/aromatic N) is 2. The summed E-state index contributed by atoms with van der Waals surface area (Å²) in [4.78, 5) is 27.8. The molecule has 2 aliphatic rings. The Balaban J connectivity index is 2.16. The van der Waals surface area contributed by atoms with Crippen LogP contribution in [0.5, 0.6) is 0 Å². The van der Waals surface area contributed by atoms with E-state index < -0.39 is 11.8 Å². The fourth-order valence-electron chi connectivity index (χ4n) is 2.89. The molecule has 1 saturated carbocycles. The molecule has 0 aromatic carbocycles. The summed E-state index contributed by atoms with van der Waals surface area (Å²) >= 11 is 0. The predicted molar refractivity (Wildman–Crippen MR) is 62.2 cm³/mol. The summed E-state index contributed by atoms with van der Waals surface area (Å²) in [6, 6.07) is -0.781. The molecule has 0 aromatic rings. The molecule has 100 valence electrons. The lowest BCUT2D eigenvalue weighted by Crippen LogP contribution is -2.52. The molecule has 1 saturated heterocycles. The van der Waals surface area contributed by atoms with Crippen molar-refractivity contribution in [2.45, 2.75) is 50.5 Å². The number of rotatable bonds is 2. The highest BCUT2D eigenvalue weighted by Gasteiger charge is 2.44. The number of hydrogen-bond acceptors (Lipinski definition) is 5. The van der Waals surface area contributed by atoms with Gasteiger partial charge in [0.05, 0.1) is 12.1 Å². The van der Waals surface area contributed by atoms with Gasteiger partial charge in [-0.05, 0) is 12.8 Å². The molecule has 1 heterocycles. The van der Waals surface area contributed by atoms with Gasteiger partial charge in [-0.2, -0.15) is 0 Å². The first-order valence-electron chi connectivity index (χ1n) is 6.27. The molecule has 0 radical (unpaired) electrons. The second-order valence-corrected chi connectivity index (χ2v) is 5.30. The van der Waals surface area contributed by atoms with Crippen molar-refractivity contribution in [3.63, 3.8) is 0 Å². The van der Waals surface area contributed by atoms with Crippen molar-refractivity contribution < 1.29 is 19.8 Å². The Labute approximate surface area is 105 Å². The lowest BCUT2D eigenvalue weighted by atomic mass is 9.85. The smallest absolute Gasteiger partial charge is 0.235 e. The standard InChI is InChI=1S/C12H18N2O4/c1-8-3-5-14(11(8)16)10-2-4-12(17,18)6-9(10)13-7-15/h8-10,17-18H,2-6H2,1H3/t8?,9-,10?/m1/s1. The minimum absolute atomic E-state index is 0.000738. The third kappa shape index (κ3) is 2.46. The summed E-state index contributed by atoms with van der Waals surface area (Å²) in [7, 11) is 0. The van der Waals surface area contributed by atoms with Crippen LogP contribution in [0.15, 0.2) is 4.99 Å². The Kier molecular flexibility index (Phi) is 3.52. The van der Waals surface area contributed by atoms with Crippen LogP contribution in [-0.4, -0.2) is 51.5 Å². The van der Waals surface area contributed by atoms with E-state index in [0.717, 1.165) is 6.42 Å². The van der Waals surface area contributed by atoms with Crippen LogP contribution in [0.3, 0.4) is 0 Å². The summed E-state index contributed by atoms with van der Waals surface area (Å²) in [6.45, 7) is 2.53. The maximum Gasteiger partial charge on any atom is 0.235 e. The van der Waals surface area contributed by atoms with Gasteiger partial charge in [0.15, 0.2) is 5.79 Å². The van der Waals surface area contributed by atoms with E-state index in [0.29, 0.717) is 13.0 Å². The van der Waals surface area contributed by atoms with Crippen LogP contribution in [0.1, 0.15) is 32.6 Å². The number of aliphatic hydroxyl groups is 2. The fraction of sp³-hybridized carbons (Fsp3) is 0.833. The highest BCUT2D eigenvalue weighted by molar-refractivity contribution is 5.80. The summed E-state index contributed by atoms with van der Waals surface area (Å²) in [6.07, 6.45) is 2.89. The molecule has 1 aliphatic carbocycles. The van der Waals surface area contributed by atoms with Gasteiger partial charge in [0.1, 0.15) is 0 Å². The third-order valence-electron chi connectivity index (χ3n) is 3.95. The maximum absolute atomic E-state index is 12.0. The molecular formula is C12H18N2O4. The molecule has 6 nitrogen and oxygen atoms in total. The zero-order chi connectivity index (χ0) is 13.3. The molecule has 18 heavy (non-hydrogen) atoms. The Morgan fingerprint density at radius 3 is 2.72 bits per heavy atom. The van der Waals surface area contributed by atoms with Crippen molar-refractivity contribution in [1.82, 2.24) is 4.90 Å². The second kappa shape index (κ2) is 4.80. The van der Waals surface area contributed by atoms with Crippen LogP contribution in [-0.2, 0) is 9.59 Å². The molecule has 6 heteroatoms. The van der Waals surface area contributed by atoms with Gasteiger partial charge in [0.25, 0.3) is 0 Å². The van der Waals surface area contributed by atoms with Gasteiger partial charge in [-0.3, -0.25) is 4.79 Å². The van der Waals surface area contributed by atoms with Crippen LogP contribution in [0.4, 0.5) is 0 Å². The predicted octanol–water partition coefficient (Wildman–Crippen LogP) is -0.207. The first kappa shape index (κ1) is 13.2. The van der Waals surface area contributed by atoms with Gasteiger partial charge < -0.3 is 15.1 Å². The van der Waals surface area contributed by atoms with Crippen molar-refractivity contribution in [3.8, 4) is 0 Å². The number of carbonyl (C=O) groups excluding carboxylic acids is 2. The monoisotopic (exact) mass is 254 g/mol. The molecule has 3 atom stereocenters. The zero-order valence-corrected chi connectivity index (χ0v) is 10.4. The van der Waals surface area contributed by atoms with E-state index >= 15 is 0 Å². The van der Waals surface area contributed by atoms with E-state index in [1.807, 2.05) is 6.92 Å². The molecule has 2 unspecified atom stereocenters. The molecule has 0 spiro atoms. The van der Waals surface area contributed by atoms with Gasteiger partial charge >= 0.3 is 0 Å². The average molecular weight is 254 g/mol. The molecule has 1 amide bonds. The third-order valence-corrected chi connectivity index (χ3v) is 3.95. The minimum atomic E-state index is -1.80. The lowest BCUT2D eigenvalue weighted by molar-refractivity contribution is -0.191. The Morgan fingerprint density at radius 1 is 1.44 bits per heavy atom. The molecular weight excluding hydrogens is 236 g/mol. The van der Waals surface area contributed by atoms with Crippen molar-refractivity contribution in [1.29, 1.82) is 0 Å². The summed E-state index contributed by atoms with van der Waals surface area (Å²) < 4.78 is 0. The molecule has 2 rings (SSSR count). The van der Waals surface area contributed by atoms with E-state index in [1.165, 1.54) is 6.08 Å². The van der Waals surface area contributed by atoms with Gasteiger partial charge in [-0.25, -0.2) is 9.79 Å². The summed E-state index contributed by atoms with van der Waals surface area (Å²) in [5, 5.41) is 19.2. The van der Waals surface area contributed by atoms with Crippen molar-refractivity contribution in [3.05, 3.63) is 0 Å². The van der Waals surface area contributed by atoms with Gasteiger partial charge in [0, 0.05) is 25.3 Å². The Bertz CT molecular complexity index is 390. The highest BCUT2D eigenvalue weighted by atomic mass is 16.5. The number of aliphatic imine (C=N–C) groups is 1. The number of isocyanates is 1. The van der Waals surface area contributed by atoms with Crippen LogP contribution < -0.4 is 0 Å². The van der Waals surface area contributed by atoms with E-state index in [2.05, 4.69) is 4.99 Å². The lowest BCUT2D eigenvalue weighted by Gasteiger charge is -2.40. The minimum Gasteiger partial charge on any atom is -0.366 e. The number of likely N-dealkylation sites (tertiary alicyclic amines) is 1. The van der Waals surface area contributed by atoms with E-state index in [1.54, 1.807) is 4.90 Å². The average Bonchev–Trinajstić information content (AvgIpc) is 2.60. The molecule has 2 fully saturated rings. The highest BCUT2D eigenvalue weighted by Crippen LogP contribution is 2.34. The van der Waals surface area contributed by atoms with Gasteiger partial charge in [-0.15, -0.1) is 0 Å². The van der Waals surface area contributed by atoms with E-state index in [-0.39, 0.29) is 30.7 Å². The first-order valence-corrected chi connectivity index (χ1v) is 6.27. The van der Waals surface area contributed by atoms with Crippen LogP contribution in [0.25, 0.3) is 0 Å². The van der Waals surface area contributed by atoms with Crippen LogP contribution >= 0.6 is 0 Å². The number of carbonyl (C=O) groups is 1. The second-order valence-electron chi connectivity index (χ2n) is 5.30. The normalized spacial score (nSPS) is 35.4. The molecule has 0 aromatic heterocycles. The number of amides is 1. The maximum atomic E-state index is 12.0. The van der Waals surface area contributed by atoms with Gasteiger partial charge in [-0.1, -0.05) is 6.92 Å². The summed E-state index contributed by atoms with van der Waals surface area (Å²) in [5.74, 6) is -1.73. The van der Waals surface area contributed by atoms with Gasteiger partial charge in [0.2, 0.25) is 12.0 Å². The Hall–Kier alpha value is -1.23. The molecule has 1 aliphatic heterocycles. The summed E-state index contributed by atoms with van der Waals surface area (Å²) in [5.41, 5.74) is 0. The Morgan fingerprint density at radius 2 is 2.17 bits per heavy atom. The quantitative estimate of drug-likeness (QED) is 0.405. The SMILES string of the molecule is CC1CCN(C2CCC(O)(O)C[C@H]2N=C=O)C1=O. The largest absolute Gasteiger partial charge is 0.366 e. The molecule has 0 bridgehead atoms. The van der Waals surface area contributed by atoms with E-state index in [4.69, 9.17) is 0 Å². The van der Waals surface area contributed by atoms with Crippen LogP contribution in [0, 0.1) is 5.92 Å². The molecule has 2 N–H and O–H groups in total. The number of hydrogen-bond donors (Lipinski definition) is 2. The van der Waals surface area contributed by atoms with Crippen LogP contribution in [0.2, 0.25) is 0 Å². The van der Waals surface area contributed by atoms with E-state index in [9.17, 15) is 19.8 Å². The zero-order valence-electron chi connectivity index (χ0n) is 10.4. The first-order chi connectivity index (χ1) is 8.44. The fourth-order valence-corrected chi connectivity index (χ4v) is 2.89. The van der Waals surface area contributed by atoms with Crippen molar-refractivity contribution in [2.75, 3.05) is 6.54 Å². The van der Waals surface area contributed by atoms with Crippen molar-refractivity contribution >= 4 is 12.0 Å². The topological polar surface area (TPSA) is 90.2 Å².